The Hall–Kier alpha value is -0.730. The Balaban J connectivity index is 2.16. The molecule has 2 nitrogen and oxygen atoms in total. The number of benzene rings is 1. The van der Waals surface area contributed by atoms with Crippen molar-refractivity contribution in [3.05, 3.63) is 28.8 Å². The van der Waals surface area contributed by atoms with Gasteiger partial charge in [-0.2, -0.15) is 0 Å². The molecule has 1 N–H and O–H groups in total. The highest BCUT2D eigenvalue weighted by atomic mass is 35.5. The molecule has 1 fully saturated rings. The summed E-state index contributed by atoms with van der Waals surface area (Å²) in [6.45, 7) is 3.23. The van der Waals surface area contributed by atoms with Crippen LogP contribution in [-0.2, 0) is 0 Å². The van der Waals surface area contributed by atoms with Gasteiger partial charge in [-0.15, -0.1) is 0 Å². The highest BCUT2D eigenvalue weighted by molar-refractivity contribution is 6.30. The number of nitrogens with one attached hydrogen (secondary N) is 1. The molecule has 0 bridgehead atoms. The van der Waals surface area contributed by atoms with Crippen LogP contribution in [-0.4, -0.2) is 13.7 Å². The van der Waals surface area contributed by atoms with E-state index in [1.165, 1.54) is 31.2 Å². The van der Waals surface area contributed by atoms with Crippen LogP contribution in [0.25, 0.3) is 0 Å². The lowest BCUT2D eigenvalue weighted by atomic mass is 9.79. The monoisotopic (exact) mass is 281 g/mol. The molecule has 1 aliphatic rings. The Morgan fingerprint density at radius 1 is 1.42 bits per heavy atom. The van der Waals surface area contributed by atoms with Crippen molar-refractivity contribution in [1.29, 1.82) is 0 Å². The average molecular weight is 282 g/mol. The molecule has 19 heavy (non-hydrogen) atoms. The fourth-order valence-corrected chi connectivity index (χ4v) is 2.86. The first-order valence-electron chi connectivity index (χ1n) is 7.31. The van der Waals surface area contributed by atoms with Crippen LogP contribution in [0.15, 0.2) is 18.2 Å². The lowest BCUT2D eigenvalue weighted by Crippen LogP contribution is -2.27. The molecule has 1 aromatic rings. The maximum Gasteiger partial charge on any atom is 0.123 e. The third kappa shape index (κ3) is 3.87. The predicted molar refractivity (Wildman–Crippen MR) is 81.0 cm³/mol. The van der Waals surface area contributed by atoms with Gasteiger partial charge in [0, 0.05) is 16.6 Å². The summed E-state index contributed by atoms with van der Waals surface area (Å²) in [4.78, 5) is 0. The third-order valence-electron chi connectivity index (χ3n) is 4.00. The Bertz CT molecular complexity index is 404. The highest BCUT2D eigenvalue weighted by Gasteiger charge is 2.24. The van der Waals surface area contributed by atoms with Gasteiger partial charge in [-0.1, -0.05) is 37.8 Å². The fraction of sp³-hybridized carbons (Fsp3) is 0.625. The van der Waals surface area contributed by atoms with Gasteiger partial charge in [0.1, 0.15) is 5.75 Å². The van der Waals surface area contributed by atoms with E-state index >= 15 is 0 Å². The van der Waals surface area contributed by atoms with E-state index in [1.807, 2.05) is 18.2 Å². The molecule has 1 saturated carbocycles. The first kappa shape index (κ1) is 14.7. The lowest BCUT2D eigenvalue weighted by Gasteiger charge is -2.31. The van der Waals surface area contributed by atoms with E-state index in [9.17, 15) is 0 Å². The van der Waals surface area contributed by atoms with Crippen LogP contribution in [0.3, 0.4) is 0 Å². The first-order valence-corrected chi connectivity index (χ1v) is 7.69. The summed E-state index contributed by atoms with van der Waals surface area (Å²) >= 11 is 6.15. The van der Waals surface area contributed by atoms with Crippen LogP contribution in [0, 0.1) is 5.92 Å². The highest BCUT2D eigenvalue weighted by Crippen LogP contribution is 2.38. The van der Waals surface area contributed by atoms with Crippen LogP contribution in [0.5, 0.6) is 5.75 Å². The van der Waals surface area contributed by atoms with Gasteiger partial charge in [0.25, 0.3) is 0 Å². The molecule has 0 spiro atoms. The fourth-order valence-electron chi connectivity index (χ4n) is 2.68. The minimum Gasteiger partial charge on any atom is -0.496 e. The zero-order valence-electron chi connectivity index (χ0n) is 11.9. The van der Waals surface area contributed by atoms with Crippen molar-refractivity contribution in [2.24, 2.45) is 5.92 Å². The molecule has 1 aliphatic carbocycles. The standard InChI is InChI=1S/C16H24ClNO/c1-3-9-18-15(10-12-5-4-6-12)14-11-13(17)7-8-16(14)19-2/h7-8,11-12,15,18H,3-6,9-10H2,1-2H3. The van der Waals surface area contributed by atoms with E-state index in [0.717, 1.165) is 29.7 Å². The molecular formula is C16H24ClNO. The zero-order valence-corrected chi connectivity index (χ0v) is 12.7. The van der Waals surface area contributed by atoms with Crippen LogP contribution >= 0.6 is 11.6 Å². The average Bonchev–Trinajstić information content (AvgIpc) is 2.37. The Labute approximate surface area is 121 Å². The number of hydrogen-bond acceptors (Lipinski definition) is 2. The van der Waals surface area contributed by atoms with Gasteiger partial charge in [-0.25, -0.2) is 0 Å². The number of ether oxygens (including phenoxy) is 1. The van der Waals surface area contributed by atoms with Crippen molar-refractivity contribution < 1.29 is 4.74 Å². The summed E-state index contributed by atoms with van der Waals surface area (Å²) in [6, 6.07) is 6.27. The molecule has 0 heterocycles. The molecule has 0 aliphatic heterocycles. The van der Waals surface area contributed by atoms with Gasteiger partial charge in [-0.3, -0.25) is 0 Å². The quantitative estimate of drug-likeness (QED) is 0.790. The Morgan fingerprint density at radius 3 is 2.79 bits per heavy atom. The van der Waals surface area contributed by atoms with E-state index < -0.39 is 0 Å². The van der Waals surface area contributed by atoms with Crippen molar-refractivity contribution in [1.82, 2.24) is 5.32 Å². The topological polar surface area (TPSA) is 21.3 Å². The molecule has 0 saturated heterocycles. The number of methoxy groups -OCH3 is 1. The molecule has 0 aromatic heterocycles. The predicted octanol–water partition coefficient (Wildman–Crippen LogP) is 4.58. The molecule has 1 atom stereocenters. The van der Waals surface area contributed by atoms with E-state index in [1.54, 1.807) is 7.11 Å². The third-order valence-corrected chi connectivity index (χ3v) is 4.24. The Kier molecular flexibility index (Phi) is 5.53. The van der Waals surface area contributed by atoms with Crippen molar-refractivity contribution >= 4 is 11.6 Å². The SMILES string of the molecule is CCCNC(CC1CCC1)c1cc(Cl)ccc1OC. The summed E-state index contributed by atoms with van der Waals surface area (Å²) in [5, 5.41) is 4.43. The summed E-state index contributed by atoms with van der Waals surface area (Å²) < 4.78 is 5.50. The molecule has 1 unspecified atom stereocenters. The van der Waals surface area contributed by atoms with Crippen LogP contribution in [0.4, 0.5) is 0 Å². The van der Waals surface area contributed by atoms with E-state index in [2.05, 4.69) is 12.2 Å². The van der Waals surface area contributed by atoms with Crippen molar-refractivity contribution in [2.45, 2.75) is 45.1 Å². The number of hydrogen-bond donors (Lipinski definition) is 1. The number of halogens is 1. The maximum absolute atomic E-state index is 6.15. The van der Waals surface area contributed by atoms with E-state index in [4.69, 9.17) is 16.3 Å². The van der Waals surface area contributed by atoms with Gasteiger partial charge in [0.2, 0.25) is 0 Å². The van der Waals surface area contributed by atoms with Crippen molar-refractivity contribution in [3.8, 4) is 5.75 Å². The van der Waals surface area contributed by atoms with Crippen LogP contribution in [0.2, 0.25) is 5.02 Å². The molecule has 0 radical (unpaired) electrons. The molecular weight excluding hydrogens is 258 g/mol. The lowest BCUT2D eigenvalue weighted by molar-refractivity contribution is 0.258. The normalized spacial score (nSPS) is 17.0. The zero-order chi connectivity index (χ0) is 13.7. The van der Waals surface area contributed by atoms with Gasteiger partial charge in [0.05, 0.1) is 7.11 Å². The summed E-state index contributed by atoms with van der Waals surface area (Å²) in [5.74, 6) is 1.80. The molecule has 2 rings (SSSR count). The van der Waals surface area contributed by atoms with Crippen molar-refractivity contribution in [3.63, 3.8) is 0 Å². The smallest absolute Gasteiger partial charge is 0.123 e. The van der Waals surface area contributed by atoms with Gasteiger partial charge < -0.3 is 10.1 Å². The van der Waals surface area contributed by atoms with Crippen LogP contribution < -0.4 is 10.1 Å². The van der Waals surface area contributed by atoms with Crippen LogP contribution in [0.1, 0.15) is 50.6 Å². The molecule has 106 valence electrons. The summed E-state index contributed by atoms with van der Waals surface area (Å²) in [6.07, 6.45) is 6.46. The second kappa shape index (κ2) is 7.16. The second-order valence-corrected chi connectivity index (χ2v) is 5.86. The molecule has 1 aromatic carbocycles. The minimum atomic E-state index is 0.360. The Morgan fingerprint density at radius 2 is 2.21 bits per heavy atom. The van der Waals surface area contributed by atoms with Crippen molar-refractivity contribution in [2.75, 3.05) is 13.7 Å². The number of rotatable bonds is 7. The summed E-state index contributed by atoms with van der Waals surface area (Å²) in [5.41, 5.74) is 1.20. The first-order chi connectivity index (χ1) is 9.24. The molecule has 0 amide bonds. The van der Waals surface area contributed by atoms with Gasteiger partial charge in [0.15, 0.2) is 0 Å². The summed E-state index contributed by atoms with van der Waals surface area (Å²) in [7, 11) is 1.73. The van der Waals surface area contributed by atoms with Gasteiger partial charge >= 0.3 is 0 Å². The minimum absolute atomic E-state index is 0.360. The van der Waals surface area contributed by atoms with E-state index in [-0.39, 0.29) is 0 Å². The largest absolute Gasteiger partial charge is 0.496 e. The van der Waals surface area contributed by atoms with Gasteiger partial charge in [-0.05, 0) is 43.5 Å². The van der Waals surface area contributed by atoms with E-state index in [0.29, 0.717) is 6.04 Å². The maximum atomic E-state index is 6.15. The molecule has 3 heteroatoms. The second-order valence-electron chi connectivity index (χ2n) is 5.43.